The summed E-state index contributed by atoms with van der Waals surface area (Å²) in [6.45, 7) is 3.91. The first-order valence-electron chi connectivity index (χ1n) is 5.11. The molecule has 2 N–H and O–H groups in total. The summed E-state index contributed by atoms with van der Waals surface area (Å²) < 4.78 is 21.5. The topological polar surface area (TPSA) is 75.3 Å². The number of carbonyl (C=O) groups excluding carboxylic acids is 1. The second kappa shape index (κ2) is 7.64. The highest BCUT2D eigenvalue weighted by molar-refractivity contribution is 7.90. The highest BCUT2D eigenvalue weighted by atomic mass is 32.2. The predicted octanol–water partition coefficient (Wildman–Crippen LogP) is -0.463. The maximum Gasteiger partial charge on any atom is 0.221 e. The number of carbonyl (C=O) groups is 1. The molecule has 90 valence electrons. The first-order chi connectivity index (χ1) is 6.95. The van der Waals surface area contributed by atoms with Gasteiger partial charge in [-0.3, -0.25) is 4.79 Å². The van der Waals surface area contributed by atoms with E-state index in [0.29, 0.717) is 25.9 Å². The van der Waals surface area contributed by atoms with Crippen molar-refractivity contribution in [1.29, 1.82) is 0 Å². The summed E-state index contributed by atoms with van der Waals surface area (Å²) in [5.41, 5.74) is 0. The van der Waals surface area contributed by atoms with Gasteiger partial charge in [0.05, 0.1) is 5.75 Å². The van der Waals surface area contributed by atoms with Crippen molar-refractivity contribution in [3.05, 3.63) is 0 Å². The Labute approximate surface area is 91.5 Å². The molecule has 0 aromatic heterocycles. The zero-order chi connectivity index (χ0) is 11.7. The van der Waals surface area contributed by atoms with E-state index in [1.165, 1.54) is 6.26 Å². The summed E-state index contributed by atoms with van der Waals surface area (Å²) in [6, 6.07) is 0. The van der Waals surface area contributed by atoms with Crippen LogP contribution in [0.1, 0.15) is 19.8 Å². The van der Waals surface area contributed by atoms with E-state index >= 15 is 0 Å². The van der Waals surface area contributed by atoms with E-state index in [-0.39, 0.29) is 11.7 Å². The van der Waals surface area contributed by atoms with Crippen LogP contribution in [-0.4, -0.2) is 46.0 Å². The third-order valence-corrected chi connectivity index (χ3v) is 2.82. The normalized spacial score (nSPS) is 11.3. The molecule has 0 saturated carbocycles. The molecule has 0 saturated heterocycles. The first kappa shape index (κ1) is 14.4. The van der Waals surface area contributed by atoms with Crippen molar-refractivity contribution in [1.82, 2.24) is 10.6 Å². The van der Waals surface area contributed by atoms with Gasteiger partial charge in [-0.25, -0.2) is 8.42 Å². The lowest BCUT2D eigenvalue weighted by molar-refractivity contribution is -0.120. The van der Waals surface area contributed by atoms with Gasteiger partial charge in [-0.05, 0) is 13.0 Å². The lowest BCUT2D eigenvalue weighted by Gasteiger charge is -2.04. The van der Waals surface area contributed by atoms with Gasteiger partial charge in [-0.2, -0.15) is 0 Å². The lowest BCUT2D eigenvalue weighted by atomic mass is 10.4. The van der Waals surface area contributed by atoms with E-state index in [0.717, 1.165) is 6.54 Å². The molecule has 0 aliphatic heterocycles. The van der Waals surface area contributed by atoms with Crippen molar-refractivity contribution in [3.63, 3.8) is 0 Å². The Kier molecular flexibility index (Phi) is 7.33. The Morgan fingerprint density at radius 3 is 2.47 bits per heavy atom. The summed E-state index contributed by atoms with van der Waals surface area (Å²) in [4.78, 5) is 11.1. The Hall–Kier alpha value is -0.620. The van der Waals surface area contributed by atoms with Crippen molar-refractivity contribution in [2.24, 2.45) is 0 Å². The molecule has 0 aliphatic carbocycles. The minimum Gasteiger partial charge on any atom is -0.356 e. The smallest absolute Gasteiger partial charge is 0.221 e. The van der Waals surface area contributed by atoms with Gasteiger partial charge in [-0.1, -0.05) is 6.92 Å². The molecule has 0 rings (SSSR count). The zero-order valence-electron chi connectivity index (χ0n) is 9.38. The van der Waals surface area contributed by atoms with Crippen LogP contribution in [-0.2, 0) is 14.6 Å². The van der Waals surface area contributed by atoms with E-state index in [9.17, 15) is 13.2 Å². The summed E-state index contributed by atoms with van der Waals surface area (Å²) in [7, 11) is -2.91. The number of amides is 1. The molecule has 0 aromatic rings. The SMILES string of the molecule is CCNCCC(=O)NCCCS(C)(=O)=O. The monoisotopic (exact) mass is 236 g/mol. The summed E-state index contributed by atoms with van der Waals surface area (Å²) in [5.74, 6) is 0.0879. The minimum atomic E-state index is -2.91. The van der Waals surface area contributed by atoms with Gasteiger partial charge in [0.25, 0.3) is 0 Å². The Bertz CT molecular complexity index is 275. The first-order valence-corrected chi connectivity index (χ1v) is 7.17. The molecule has 6 heteroatoms. The average molecular weight is 236 g/mol. The molecule has 5 nitrogen and oxygen atoms in total. The fourth-order valence-corrected chi connectivity index (χ4v) is 1.70. The Balaban J connectivity index is 3.39. The van der Waals surface area contributed by atoms with Gasteiger partial charge in [0.15, 0.2) is 0 Å². The van der Waals surface area contributed by atoms with Gasteiger partial charge >= 0.3 is 0 Å². The number of nitrogens with one attached hydrogen (secondary N) is 2. The van der Waals surface area contributed by atoms with E-state index in [1.54, 1.807) is 0 Å². The fourth-order valence-electron chi connectivity index (χ4n) is 1.03. The maximum atomic E-state index is 11.1. The third-order valence-electron chi connectivity index (χ3n) is 1.79. The zero-order valence-corrected chi connectivity index (χ0v) is 10.2. The highest BCUT2D eigenvalue weighted by Gasteiger charge is 2.03. The molecular formula is C9H20N2O3S. The van der Waals surface area contributed by atoms with Crippen LogP contribution in [0.15, 0.2) is 0 Å². The molecule has 0 aliphatic rings. The van der Waals surface area contributed by atoms with Gasteiger partial charge in [0.2, 0.25) is 5.91 Å². The van der Waals surface area contributed by atoms with Crippen LogP contribution in [0.3, 0.4) is 0 Å². The Morgan fingerprint density at radius 2 is 1.93 bits per heavy atom. The standard InChI is InChI=1S/C9H20N2O3S/c1-3-10-7-5-9(12)11-6-4-8-15(2,13)14/h10H,3-8H2,1-2H3,(H,11,12). The van der Waals surface area contributed by atoms with Gasteiger partial charge < -0.3 is 10.6 Å². The lowest BCUT2D eigenvalue weighted by Crippen LogP contribution is -2.29. The van der Waals surface area contributed by atoms with E-state index < -0.39 is 9.84 Å². The number of sulfone groups is 1. The van der Waals surface area contributed by atoms with Crippen molar-refractivity contribution in [2.75, 3.05) is 31.6 Å². The fraction of sp³-hybridized carbons (Fsp3) is 0.889. The number of hydrogen-bond acceptors (Lipinski definition) is 4. The molecule has 0 spiro atoms. The Morgan fingerprint density at radius 1 is 1.27 bits per heavy atom. The van der Waals surface area contributed by atoms with Crippen LogP contribution in [0, 0.1) is 0 Å². The largest absolute Gasteiger partial charge is 0.356 e. The summed E-state index contributed by atoms with van der Waals surface area (Å²) >= 11 is 0. The van der Waals surface area contributed by atoms with E-state index in [1.807, 2.05) is 6.92 Å². The molecule has 0 fully saturated rings. The van der Waals surface area contributed by atoms with Crippen LogP contribution >= 0.6 is 0 Å². The molecular weight excluding hydrogens is 216 g/mol. The van der Waals surface area contributed by atoms with Crippen LogP contribution in [0.2, 0.25) is 0 Å². The molecule has 0 bridgehead atoms. The number of rotatable bonds is 8. The third kappa shape index (κ3) is 11.3. The molecule has 0 heterocycles. The van der Waals surface area contributed by atoms with Crippen molar-refractivity contribution in [3.8, 4) is 0 Å². The molecule has 0 aromatic carbocycles. The molecule has 0 radical (unpaired) electrons. The molecule has 15 heavy (non-hydrogen) atoms. The second-order valence-corrected chi connectivity index (χ2v) is 5.70. The quantitative estimate of drug-likeness (QED) is 0.559. The van der Waals surface area contributed by atoms with Crippen molar-refractivity contribution < 1.29 is 13.2 Å². The molecule has 1 amide bonds. The van der Waals surface area contributed by atoms with Gasteiger partial charge in [0.1, 0.15) is 9.84 Å². The molecule has 0 atom stereocenters. The van der Waals surface area contributed by atoms with Crippen molar-refractivity contribution >= 4 is 15.7 Å². The van der Waals surface area contributed by atoms with Crippen LogP contribution in [0.25, 0.3) is 0 Å². The highest BCUT2D eigenvalue weighted by Crippen LogP contribution is 1.87. The van der Waals surface area contributed by atoms with Gasteiger partial charge in [-0.15, -0.1) is 0 Å². The van der Waals surface area contributed by atoms with E-state index in [4.69, 9.17) is 0 Å². The second-order valence-electron chi connectivity index (χ2n) is 3.44. The van der Waals surface area contributed by atoms with Crippen LogP contribution in [0.4, 0.5) is 0 Å². The van der Waals surface area contributed by atoms with Crippen LogP contribution < -0.4 is 10.6 Å². The predicted molar refractivity (Wildman–Crippen MR) is 60.5 cm³/mol. The number of hydrogen-bond donors (Lipinski definition) is 2. The summed E-state index contributed by atoms with van der Waals surface area (Å²) in [6.07, 6.45) is 2.11. The van der Waals surface area contributed by atoms with Crippen molar-refractivity contribution in [2.45, 2.75) is 19.8 Å². The average Bonchev–Trinajstić information content (AvgIpc) is 2.11. The maximum absolute atomic E-state index is 11.1. The minimum absolute atomic E-state index is 0.0375. The molecule has 0 unspecified atom stereocenters. The van der Waals surface area contributed by atoms with Gasteiger partial charge in [0, 0.05) is 25.8 Å². The van der Waals surface area contributed by atoms with Crippen LogP contribution in [0.5, 0.6) is 0 Å². The van der Waals surface area contributed by atoms with E-state index in [2.05, 4.69) is 10.6 Å². The summed E-state index contributed by atoms with van der Waals surface area (Å²) in [5, 5.41) is 5.71.